The fraction of sp³-hybridized carbons (Fsp3) is 0.611. The highest BCUT2D eigenvalue weighted by Gasteiger charge is 2.59. The van der Waals surface area contributed by atoms with Gasteiger partial charge in [0.15, 0.2) is 5.96 Å². The number of aliphatic imine (C=N–C) groups is 1. The number of nitrogens with one attached hydrogen (secondary N) is 1. The topological polar surface area (TPSA) is 36.9 Å². The van der Waals surface area contributed by atoms with Gasteiger partial charge in [-0.25, -0.2) is 0 Å². The standard InChI is InChI=1S/C18H26BrN3O/c1-18(2)15(14-9-10-23-16(14)18)21-17(20-3)22(4)11-12-5-7-13(19)8-6-12/h5-8,14-16H,9-11H2,1-4H3,(H,20,21). The number of hydrogen-bond donors (Lipinski definition) is 1. The minimum Gasteiger partial charge on any atom is -0.377 e. The van der Waals surface area contributed by atoms with E-state index in [-0.39, 0.29) is 5.41 Å². The van der Waals surface area contributed by atoms with E-state index in [0.717, 1.165) is 30.0 Å². The van der Waals surface area contributed by atoms with Crippen molar-refractivity contribution in [3.63, 3.8) is 0 Å². The number of ether oxygens (including phenoxy) is 1. The summed E-state index contributed by atoms with van der Waals surface area (Å²) < 4.78 is 6.99. The van der Waals surface area contributed by atoms with Gasteiger partial charge in [-0.1, -0.05) is 41.9 Å². The van der Waals surface area contributed by atoms with Gasteiger partial charge in [-0.3, -0.25) is 4.99 Å². The number of rotatable bonds is 3. The average Bonchev–Trinajstić information content (AvgIpc) is 2.97. The summed E-state index contributed by atoms with van der Waals surface area (Å²) in [5.74, 6) is 1.57. The van der Waals surface area contributed by atoms with Gasteiger partial charge in [0.05, 0.1) is 6.10 Å². The molecule has 1 saturated heterocycles. The average molecular weight is 380 g/mol. The third-order valence-corrected chi connectivity index (χ3v) is 5.82. The van der Waals surface area contributed by atoms with Crippen LogP contribution in [-0.4, -0.2) is 43.7 Å². The van der Waals surface area contributed by atoms with Gasteiger partial charge in [-0.15, -0.1) is 0 Å². The van der Waals surface area contributed by atoms with Gasteiger partial charge in [0.2, 0.25) is 0 Å². The molecule has 3 rings (SSSR count). The van der Waals surface area contributed by atoms with Crippen LogP contribution in [0.5, 0.6) is 0 Å². The third-order valence-electron chi connectivity index (χ3n) is 5.29. The van der Waals surface area contributed by atoms with E-state index >= 15 is 0 Å². The van der Waals surface area contributed by atoms with Gasteiger partial charge in [0.1, 0.15) is 0 Å². The molecular formula is C18H26BrN3O. The highest BCUT2D eigenvalue weighted by molar-refractivity contribution is 9.10. The molecule has 0 aromatic heterocycles. The van der Waals surface area contributed by atoms with Crippen molar-refractivity contribution in [2.24, 2.45) is 16.3 Å². The SMILES string of the molecule is CN=C(NC1C2CCOC2C1(C)C)N(C)Cc1ccc(Br)cc1. The molecule has 1 heterocycles. The summed E-state index contributed by atoms with van der Waals surface area (Å²) in [6.45, 7) is 6.31. The Morgan fingerprint density at radius 1 is 1.39 bits per heavy atom. The van der Waals surface area contributed by atoms with E-state index < -0.39 is 0 Å². The summed E-state index contributed by atoms with van der Waals surface area (Å²) in [4.78, 5) is 6.67. The minimum absolute atomic E-state index is 0.162. The molecule has 1 aliphatic carbocycles. The van der Waals surface area contributed by atoms with Crippen LogP contribution >= 0.6 is 15.9 Å². The third kappa shape index (κ3) is 3.13. The quantitative estimate of drug-likeness (QED) is 0.646. The normalized spacial score (nSPS) is 28.9. The molecule has 23 heavy (non-hydrogen) atoms. The van der Waals surface area contributed by atoms with E-state index in [0.29, 0.717) is 18.1 Å². The molecule has 3 unspecified atom stereocenters. The Kier molecular flexibility index (Phi) is 4.70. The molecule has 126 valence electrons. The smallest absolute Gasteiger partial charge is 0.193 e. The second kappa shape index (κ2) is 6.44. The Bertz CT molecular complexity index is 584. The van der Waals surface area contributed by atoms with Crippen molar-refractivity contribution >= 4 is 21.9 Å². The molecule has 4 nitrogen and oxygen atoms in total. The van der Waals surface area contributed by atoms with Crippen molar-refractivity contribution < 1.29 is 4.74 Å². The lowest BCUT2D eigenvalue weighted by atomic mass is 9.57. The zero-order valence-corrected chi connectivity index (χ0v) is 15.9. The van der Waals surface area contributed by atoms with E-state index in [4.69, 9.17) is 4.74 Å². The number of halogens is 1. The Morgan fingerprint density at radius 3 is 2.74 bits per heavy atom. The molecule has 1 aliphatic heterocycles. The summed E-state index contributed by atoms with van der Waals surface area (Å²) >= 11 is 3.48. The molecule has 1 N–H and O–H groups in total. The maximum Gasteiger partial charge on any atom is 0.193 e. The fourth-order valence-corrected chi connectivity index (χ4v) is 4.30. The lowest BCUT2D eigenvalue weighted by Crippen LogP contribution is -2.67. The van der Waals surface area contributed by atoms with Gasteiger partial charge in [-0.05, 0) is 24.1 Å². The number of benzene rings is 1. The minimum atomic E-state index is 0.162. The lowest BCUT2D eigenvalue weighted by Gasteiger charge is -2.55. The molecule has 2 aliphatic rings. The molecule has 5 heteroatoms. The van der Waals surface area contributed by atoms with Crippen LogP contribution in [0.2, 0.25) is 0 Å². The summed E-state index contributed by atoms with van der Waals surface area (Å²) in [7, 11) is 3.94. The monoisotopic (exact) mass is 379 g/mol. The number of hydrogen-bond acceptors (Lipinski definition) is 2. The first-order valence-corrected chi connectivity index (χ1v) is 9.03. The maximum atomic E-state index is 5.88. The summed E-state index contributed by atoms with van der Waals surface area (Å²) in [5, 5.41) is 3.68. The first-order chi connectivity index (χ1) is 10.9. The summed E-state index contributed by atoms with van der Waals surface area (Å²) in [6, 6.07) is 8.87. The highest BCUT2D eigenvalue weighted by Crippen LogP contribution is 2.52. The van der Waals surface area contributed by atoms with Crippen molar-refractivity contribution in [1.82, 2.24) is 10.2 Å². The van der Waals surface area contributed by atoms with Crippen LogP contribution in [0.25, 0.3) is 0 Å². The summed E-state index contributed by atoms with van der Waals surface area (Å²) in [6.07, 6.45) is 1.55. The van der Waals surface area contributed by atoms with Gasteiger partial charge < -0.3 is 15.0 Å². The van der Waals surface area contributed by atoms with Crippen molar-refractivity contribution in [2.75, 3.05) is 20.7 Å². The Hall–Kier alpha value is -1.07. The zero-order chi connectivity index (χ0) is 16.6. The predicted octanol–water partition coefficient (Wildman–Crippen LogP) is 3.27. The molecule has 1 aromatic rings. The first-order valence-electron chi connectivity index (χ1n) is 8.24. The molecule has 0 radical (unpaired) electrons. The van der Waals surface area contributed by atoms with Crippen LogP contribution in [0, 0.1) is 11.3 Å². The molecule has 0 bridgehead atoms. The molecule has 0 amide bonds. The van der Waals surface area contributed by atoms with Crippen LogP contribution in [0.15, 0.2) is 33.7 Å². The lowest BCUT2D eigenvalue weighted by molar-refractivity contribution is -0.107. The molecular weight excluding hydrogens is 354 g/mol. The van der Waals surface area contributed by atoms with Crippen LogP contribution in [0.4, 0.5) is 0 Å². The molecule has 1 aromatic carbocycles. The van der Waals surface area contributed by atoms with Gasteiger partial charge in [0, 0.05) is 49.1 Å². The Labute approximate surface area is 147 Å². The van der Waals surface area contributed by atoms with Crippen LogP contribution < -0.4 is 5.32 Å². The fourth-order valence-electron chi connectivity index (χ4n) is 4.04. The number of fused-ring (bicyclic) bond motifs is 1. The maximum absolute atomic E-state index is 5.88. The van der Waals surface area contributed by atoms with Gasteiger partial charge in [-0.2, -0.15) is 0 Å². The second-order valence-electron chi connectivity index (χ2n) is 7.22. The van der Waals surface area contributed by atoms with Crippen LogP contribution in [0.3, 0.4) is 0 Å². The molecule has 1 saturated carbocycles. The van der Waals surface area contributed by atoms with E-state index in [1.54, 1.807) is 0 Å². The Morgan fingerprint density at radius 2 is 2.09 bits per heavy atom. The Balaban J connectivity index is 1.64. The van der Waals surface area contributed by atoms with Crippen molar-refractivity contribution in [3.8, 4) is 0 Å². The van der Waals surface area contributed by atoms with Crippen molar-refractivity contribution in [3.05, 3.63) is 34.3 Å². The van der Waals surface area contributed by atoms with E-state index in [2.05, 4.69) is 76.3 Å². The first kappa shape index (κ1) is 16.8. The van der Waals surface area contributed by atoms with E-state index in [9.17, 15) is 0 Å². The number of nitrogens with zero attached hydrogens (tertiary/aromatic N) is 2. The van der Waals surface area contributed by atoms with E-state index in [1.807, 2.05) is 7.05 Å². The van der Waals surface area contributed by atoms with Gasteiger partial charge in [0.25, 0.3) is 0 Å². The predicted molar refractivity (Wildman–Crippen MR) is 97.5 cm³/mol. The van der Waals surface area contributed by atoms with Crippen LogP contribution in [-0.2, 0) is 11.3 Å². The highest BCUT2D eigenvalue weighted by atomic mass is 79.9. The largest absolute Gasteiger partial charge is 0.377 e. The molecule has 2 fully saturated rings. The van der Waals surface area contributed by atoms with Crippen molar-refractivity contribution in [1.29, 1.82) is 0 Å². The van der Waals surface area contributed by atoms with Gasteiger partial charge >= 0.3 is 0 Å². The zero-order valence-electron chi connectivity index (χ0n) is 14.3. The molecule has 0 spiro atoms. The second-order valence-corrected chi connectivity index (χ2v) is 8.13. The molecule has 3 atom stereocenters. The van der Waals surface area contributed by atoms with E-state index in [1.165, 1.54) is 5.56 Å². The van der Waals surface area contributed by atoms with Crippen LogP contribution in [0.1, 0.15) is 25.8 Å². The van der Waals surface area contributed by atoms with Crippen molar-refractivity contribution in [2.45, 2.75) is 39.0 Å². The summed E-state index contributed by atoms with van der Waals surface area (Å²) in [5.41, 5.74) is 1.43. The number of guanidine groups is 1.